The van der Waals surface area contributed by atoms with Gasteiger partial charge in [-0.3, -0.25) is 4.79 Å². The van der Waals surface area contributed by atoms with Gasteiger partial charge >= 0.3 is 0 Å². The maximum atomic E-state index is 13.3. The smallest absolute Gasteiger partial charge is 0.219 e. The number of carbonyl (C=O) groups excluding carboxylic acids is 1. The van der Waals surface area contributed by atoms with Crippen molar-refractivity contribution in [1.29, 1.82) is 0 Å². The van der Waals surface area contributed by atoms with Gasteiger partial charge in [-0.1, -0.05) is 12.1 Å². The Balaban J connectivity index is 0.00000240. The van der Waals surface area contributed by atoms with Gasteiger partial charge in [-0.2, -0.15) is 5.10 Å². The van der Waals surface area contributed by atoms with Crippen LogP contribution in [0.3, 0.4) is 0 Å². The van der Waals surface area contributed by atoms with Gasteiger partial charge in [0, 0.05) is 51.4 Å². The summed E-state index contributed by atoms with van der Waals surface area (Å²) in [5, 5.41) is 8.09. The summed E-state index contributed by atoms with van der Waals surface area (Å²) >= 11 is 0. The Morgan fingerprint density at radius 3 is 2.90 bits per heavy atom. The molecule has 4 rings (SSSR count). The summed E-state index contributed by atoms with van der Waals surface area (Å²) in [4.78, 5) is 22.4. The molecule has 1 unspecified atom stereocenters. The van der Waals surface area contributed by atoms with E-state index < -0.39 is 0 Å². The third-order valence-corrected chi connectivity index (χ3v) is 5.13. The van der Waals surface area contributed by atoms with Crippen LogP contribution < -0.4 is 5.32 Å². The van der Waals surface area contributed by atoms with Crippen LogP contribution in [-0.2, 0) is 17.9 Å². The van der Waals surface area contributed by atoms with Gasteiger partial charge in [-0.15, -0.1) is 17.0 Å². The summed E-state index contributed by atoms with van der Waals surface area (Å²) in [6.45, 7) is 4.93. The third-order valence-electron chi connectivity index (χ3n) is 5.13. The molecule has 0 saturated carbocycles. The number of halogens is 2. The molecule has 7 nitrogen and oxygen atoms in total. The number of aromatic nitrogens is 4. The first-order valence-electron chi connectivity index (χ1n) is 9.50. The van der Waals surface area contributed by atoms with Crippen molar-refractivity contribution in [3.63, 3.8) is 0 Å². The molecule has 1 aromatic carbocycles. The predicted molar refractivity (Wildman–Crippen MR) is 113 cm³/mol. The number of carbonyl (C=O) groups is 1. The quantitative estimate of drug-likeness (QED) is 0.569. The van der Waals surface area contributed by atoms with Gasteiger partial charge in [-0.05, 0) is 24.1 Å². The zero-order chi connectivity index (χ0) is 19.5. The third kappa shape index (κ3) is 4.79. The molecule has 1 aliphatic heterocycles. The first-order valence-corrected chi connectivity index (χ1v) is 9.50. The number of likely N-dealkylation sites (tertiary alicyclic amines) is 1. The Bertz CT molecular complexity index is 994. The van der Waals surface area contributed by atoms with Crippen molar-refractivity contribution < 1.29 is 9.18 Å². The van der Waals surface area contributed by atoms with Crippen LogP contribution in [0.1, 0.15) is 30.5 Å². The summed E-state index contributed by atoms with van der Waals surface area (Å²) in [6.07, 6.45) is 4.23. The highest BCUT2D eigenvalue weighted by Gasteiger charge is 2.30. The summed E-state index contributed by atoms with van der Waals surface area (Å²) in [5.74, 6) is 0.0527. The Hall–Kier alpha value is -2.39. The maximum Gasteiger partial charge on any atom is 0.219 e. The fourth-order valence-corrected chi connectivity index (χ4v) is 3.69. The number of hydrogen-bond donors (Lipinski definition) is 1. The fourth-order valence-electron chi connectivity index (χ4n) is 3.69. The van der Waals surface area contributed by atoms with Gasteiger partial charge in [0.15, 0.2) is 5.65 Å². The van der Waals surface area contributed by atoms with Crippen LogP contribution in [0.5, 0.6) is 0 Å². The molecule has 1 amide bonds. The molecule has 29 heavy (non-hydrogen) atoms. The molecule has 1 aliphatic rings. The molecule has 154 valence electrons. The monoisotopic (exact) mass is 462 g/mol. The van der Waals surface area contributed by atoms with Crippen LogP contribution in [0.4, 0.5) is 4.39 Å². The molecule has 1 atom stereocenters. The first-order chi connectivity index (χ1) is 13.6. The van der Waals surface area contributed by atoms with Gasteiger partial charge in [0.05, 0.1) is 12.2 Å². The van der Waals surface area contributed by atoms with Gasteiger partial charge in [0.25, 0.3) is 0 Å². The minimum atomic E-state index is -0.228. The molecule has 3 heterocycles. The van der Waals surface area contributed by atoms with Crippen molar-refractivity contribution in [3.8, 4) is 0 Å². The van der Waals surface area contributed by atoms with E-state index in [4.69, 9.17) is 5.10 Å². The predicted octanol–water partition coefficient (Wildman–Crippen LogP) is 2.67. The zero-order valence-electron chi connectivity index (χ0n) is 16.2. The molecule has 0 radical (unpaired) electrons. The van der Waals surface area contributed by atoms with E-state index in [0.29, 0.717) is 26.2 Å². The SMILES string of the molecule is Br.CC(=O)N1CCC(c2nn(CCNCc3cccc(F)c3)c3nccnc23)C1. The summed E-state index contributed by atoms with van der Waals surface area (Å²) in [7, 11) is 0. The number of nitrogens with zero attached hydrogens (tertiary/aromatic N) is 5. The van der Waals surface area contributed by atoms with Crippen molar-refractivity contribution in [1.82, 2.24) is 30.0 Å². The van der Waals surface area contributed by atoms with E-state index in [1.807, 2.05) is 15.6 Å². The lowest BCUT2D eigenvalue weighted by Gasteiger charge is -2.12. The highest BCUT2D eigenvalue weighted by Crippen LogP contribution is 2.30. The summed E-state index contributed by atoms with van der Waals surface area (Å²) < 4.78 is 15.1. The standard InChI is InChI=1S/C20H23FN6O.BrH/c1-14(28)26-9-5-16(13-26)18-19-20(24-7-6-23-19)27(25-18)10-8-22-12-15-3-2-4-17(21)11-15;/h2-4,6-7,11,16,22H,5,8-10,12-13H2,1H3;1H. The summed E-state index contributed by atoms with van der Waals surface area (Å²) in [6, 6.07) is 6.57. The number of nitrogens with one attached hydrogen (secondary N) is 1. The van der Waals surface area contributed by atoms with Gasteiger partial charge in [-0.25, -0.2) is 19.0 Å². The van der Waals surface area contributed by atoms with Gasteiger partial charge < -0.3 is 10.2 Å². The highest BCUT2D eigenvalue weighted by atomic mass is 79.9. The van der Waals surface area contributed by atoms with Crippen molar-refractivity contribution in [3.05, 3.63) is 53.7 Å². The minimum Gasteiger partial charge on any atom is -0.342 e. The average molecular weight is 463 g/mol. The van der Waals surface area contributed by atoms with E-state index in [1.54, 1.807) is 25.4 Å². The number of fused-ring (bicyclic) bond motifs is 1. The average Bonchev–Trinajstić information content (AvgIpc) is 3.31. The summed E-state index contributed by atoms with van der Waals surface area (Å²) in [5.41, 5.74) is 3.38. The van der Waals surface area contributed by atoms with Crippen LogP contribution in [-0.4, -0.2) is 50.2 Å². The lowest BCUT2D eigenvalue weighted by Crippen LogP contribution is -2.25. The van der Waals surface area contributed by atoms with Crippen molar-refractivity contribution in [2.75, 3.05) is 19.6 Å². The number of amides is 1. The minimum absolute atomic E-state index is 0. The Labute approximate surface area is 179 Å². The van der Waals surface area contributed by atoms with Crippen molar-refractivity contribution >= 4 is 34.1 Å². The van der Waals surface area contributed by atoms with E-state index >= 15 is 0 Å². The lowest BCUT2D eigenvalue weighted by atomic mass is 10.0. The highest BCUT2D eigenvalue weighted by molar-refractivity contribution is 8.93. The Kier molecular flexibility index (Phi) is 6.92. The Morgan fingerprint density at radius 1 is 1.31 bits per heavy atom. The van der Waals surface area contributed by atoms with E-state index in [1.165, 1.54) is 12.1 Å². The molecule has 1 saturated heterocycles. The second kappa shape index (κ2) is 9.41. The zero-order valence-corrected chi connectivity index (χ0v) is 17.9. The molecule has 0 bridgehead atoms. The fraction of sp³-hybridized carbons (Fsp3) is 0.400. The molecular weight excluding hydrogens is 439 g/mol. The second-order valence-corrected chi connectivity index (χ2v) is 7.09. The molecule has 1 N–H and O–H groups in total. The lowest BCUT2D eigenvalue weighted by molar-refractivity contribution is -0.127. The molecule has 3 aromatic rings. The Morgan fingerprint density at radius 2 is 2.14 bits per heavy atom. The molecule has 2 aromatic heterocycles. The van der Waals surface area contributed by atoms with Crippen LogP contribution in [0.2, 0.25) is 0 Å². The van der Waals surface area contributed by atoms with Crippen molar-refractivity contribution in [2.24, 2.45) is 0 Å². The topological polar surface area (TPSA) is 75.9 Å². The van der Waals surface area contributed by atoms with E-state index in [9.17, 15) is 9.18 Å². The van der Waals surface area contributed by atoms with Crippen LogP contribution in [0, 0.1) is 5.82 Å². The number of rotatable bonds is 6. The largest absolute Gasteiger partial charge is 0.342 e. The van der Waals surface area contributed by atoms with Crippen LogP contribution >= 0.6 is 17.0 Å². The molecule has 0 spiro atoms. The number of benzene rings is 1. The van der Waals surface area contributed by atoms with Gasteiger partial charge in [0.2, 0.25) is 5.91 Å². The van der Waals surface area contributed by atoms with Crippen LogP contribution in [0.25, 0.3) is 11.2 Å². The maximum absolute atomic E-state index is 13.3. The second-order valence-electron chi connectivity index (χ2n) is 7.09. The molecule has 0 aliphatic carbocycles. The number of hydrogen-bond acceptors (Lipinski definition) is 5. The van der Waals surface area contributed by atoms with Crippen molar-refractivity contribution in [2.45, 2.75) is 32.4 Å². The molecular formula is C20H24BrFN6O. The normalized spacial score (nSPS) is 16.2. The van der Waals surface area contributed by atoms with Crippen LogP contribution in [0.15, 0.2) is 36.7 Å². The van der Waals surface area contributed by atoms with E-state index in [2.05, 4.69) is 15.3 Å². The first kappa shape index (κ1) is 21.3. The van der Waals surface area contributed by atoms with Gasteiger partial charge in [0.1, 0.15) is 11.3 Å². The molecule has 1 fully saturated rings. The molecule has 9 heteroatoms. The van der Waals surface area contributed by atoms with E-state index in [0.717, 1.165) is 35.4 Å². The van der Waals surface area contributed by atoms with E-state index in [-0.39, 0.29) is 34.6 Å².